The number of piperidine rings is 1. The molecule has 192 valence electrons. The van der Waals surface area contributed by atoms with Crippen molar-refractivity contribution in [2.75, 3.05) is 34.3 Å². The van der Waals surface area contributed by atoms with Crippen molar-refractivity contribution in [1.82, 2.24) is 35.3 Å². The van der Waals surface area contributed by atoms with Crippen LogP contribution in [-0.2, 0) is 12.7 Å². The summed E-state index contributed by atoms with van der Waals surface area (Å²) in [6.07, 6.45) is -3.98. The van der Waals surface area contributed by atoms with Gasteiger partial charge >= 0.3 is 12.2 Å². The summed E-state index contributed by atoms with van der Waals surface area (Å²) in [5.74, 6) is -0.632. The number of likely N-dealkylation sites (tertiary alicyclic amines) is 1. The fourth-order valence-corrected chi connectivity index (χ4v) is 4.50. The molecular weight excluding hydrogens is 475 g/mol. The Kier molecular flexibility index (Phi) is 7.43. The van der Waals surface area contributed by atoms with Crippen LogP contribution in [0, 0.1) is 0 Å². The summed E-state index contributed by atoms with van der Waals surface area (Å²) in [6.45, 7) is 1.49. The molecule has 2 atom stereocenters. The summed E-state index contributed by atoms with van der Waals surface area (Å²) in [6, 6.07) is 14.6. The molecule has 0 saturated carbocycles. The second kappa shape index (κ2) is 10.5. The molecule has 4 rings (SSSR count). The van der Waals surface area contributed by atoms with Crippen LogP contribution < -0.4 is 10.1 Å². The van der Waals surface area contributed by atoms with Crippen LogP contribution in [-0.4, -0.2) is 76.4 Å². The van der Waals surface area contributed by atoms with Crippen LogP contribution in [0.1, 0.15) is 29.3 Å². The van der Waals surface area contributed by atoms with E-state index >= 15 is 0 Å². The lowest BCUT2D eigenvalue weighted by Crippen LogP contribution is -2.52. The topological polar surface area (TPSA) is 88.4 Å². The third-order valence-electron chi connectivity index (χ3n) is 6.28. The van der Waals surface area contributed by atoms with Crippen molar-refractivity contribution in [3.05, 3.63) is 65.5 Å². The Hall–Kier alpha value is -3.67. The molecule has 0 unspecified atom stereocenters. The first-order chi connectivity index (χ1) is 17.2. The number of urea groups is 1. The summed E-state index contributed by atoms with van der Waals surface area (Å²) in [5, 5.41) is 13.4. The van der Waals surface area contributed by atoms with E-state index in [4.69, 9.17) is 4.74 Å². The second-order valence-electron chi connectivity index (χ2n) is 8.82. The highest BCUT2D eigenvalue weighted by Crippen LogP contribution is 2.31. The molecule has 2 aromatic carbocycles. The molecule has 1 saturated heterocycles. The molecule has 2 heterocycles. The number of rotatable bonds is 6. The van der Waals surface area contributed by atoms with Gasteiger partial charge in [-0.05, 0) is 40.6 Å². The fourth-order valence-electron chi connectivity index (χ4n) is 4.50. The number of tetrazole rings is 1. The van der Waals surface area contributed by atoms with Crippen LogP contribution in [0.2, 0.25) is 0 Å². The average molecular weight is 504 g/mol. The Labute approximate surface area is 206 Å². The second-order valence-corrected chi connectivity index (χ2v) is 8.82. The highest BCUT2D eigenvalue weighted by molar-refractivity contribution is 5.74. The van der Waals surface area contributed by atoms with E-state index in [1.54, 1.807) is 31.1 Å². The predicted octanol–water partition coefficient (Wildman–Crippen LogP) is 3.32. The standard InChI is InChI=1S/C24H28F3N7O2/c1-32(2)23(35)33-12-11-20(19(15-33)16-7-5-4-6-8-16)28-14-17-13-18(9-10-21(17)36-3)34-22(24(25,26)27)29-30-31-34/h4-10,13,19-20,28H,11-12,14-15H2,1-3H3/t19-,20-/m0/s1. The lowest BCUT2D eigenvalue weighted by atomic mass is 9.86. The molecule has 0 aliphatic carbocycles. The van der Waals surface area contributed by atoms with Crippen LogP contribution >= 0.6 is 0 Å². The van der Waals surface area contributed by atoms with E-state index in [1.807, 2.05) is 35.2 Å². The SMILES string of the molecule is COc1ccc(-n2nnnc2C(F)(F)F)cc1CN[C@H]1CCN(C(=O)N(C)C)C[C@H]1c1ccccc1. The molecular formula is C24H28F3N7O2. The first-order valence-electron chi connectivity index (χ1n) is 11.5. The quantitative estimate of drug-likeness (QED) is 0.555. The van der Waals surface area contributed by atoms with Crippen molar-refractivity contribution in [3.8, 4) is 11.4 Å². The maximum absolute atomic E-state index is 13.3. The van der Waals surface area contributed by atoms with Gasteiger partial charge in [0.2, 0.25) is 0 Å². The molecule has 3 aromatic rings. The van der Waals surface area contributed by atoms with Crippen molar-refractivity contribution >= 4 is 6.03 Å². The van der Waals surface area contributed by atoms with Crippen LogP contribution in [0.25, 0.3) is 5.69 Å². The largest absolute Gasteiger partial charge is 0.496 e. The van der Waals surface area contributed by atoms with Crippen LogP contribution in [0.4, 0.5) is 18.0 Å². The highest BCUT2D eigenvalue weighted by Gasteiger charge is 2.38. The van der Waals surface area contributed by atoms with Gasteiger partial charge in [-0.15, -0.1) is 5.10 Å². The minimum atomic E-state index is -4.69. The van der Waals surface area contributed by atoms with Crippen molar-refractivity contribution in [3.63, 3.8) is 0 Å². The number of nitrogens with zero attached hydrogens (tertiary/aromatic N) is 6. The highest BCUT2D eigenvalue weighted by atomic mass is 19.4. The number of methoxy groups -OCH3 is 1. The maximum atomic E-state index is 13.3. The van der Waals surface area contributed by atoms with Crippen molar-refractivity contribution in [2.24, 2.45) is 0 Å². The maximum Gasteiger partial charge on any atom is 0.453 e. The zero-order valence-corrected chi connectivity index (χ0v) is 20.2. The lowest BCUT2D eigenvalue weighted by molar-refractivity contribution is -0.146. The third-order valence-corrected chi connectivity index (χ3v) is 6.28. The molecule has 1 aliphatic heterocycles. The van der Waals surface area contributed by atoms with Gasteiger partial charge in [-0.1, -0.05) is 30.3 Å². The van der Waals surface area contributed by atoms with Gasteiger partial charge in [-0.3, -0.25) is 0 Å². The molecule has 1 fully saturated rings. The van der Waals surface area contributed by atoms with E-state index in [1.165, 1.54) is 13.2 Å². The van der Waals surface area contributed by atoms with E-state index < -0.39 is 12.0 Å². The molecule has 1 N–H and O–H groups in total. The molecule has 1 aromatic heterocycles. The first kappa shape index (κ1) is 25.4. The van der Waals surface area contributed by atoms with Gasteiger partial charge in [0.1, 0.15) is 5.75 Å². The summed E-state index contributed by atoms with van der Waals surface area (Å²) in [7, 11) is 4.98. The number of aromatic nitrogens is 4. The van der Waals surface area contributed by atoms with Gasteiger partial charge in [0.15, 0.2) is 0 Å². The van der Waals surface area contributed by atoms with E-state index in [2.05, 4.69) is 20.8 Å². The smallest absolute Gasteiger partial charge is 0.453 e. The molecule has 9 nitrogen and oxygen atoms in total. The Balaban J connectivity index is 1.57. The Morgan fingerprint density at radius 3 is 2.61 bits per heavy atom. The fraction of sp³-hybridized carbons (Fsp3) is 0.417. The van der Waals surface area contributed by atoms with Gasteiger partial charge in [0.25, 0.3) is 5.82 Å². The number of carbonyl (C=O) groups is 1. The summed E-state index contributed by atoms with van der Waals surface area (Å²) < 4.78 is 46.1. The molecule has 36 heavy (non-hydrogen) atoms. The number of hydrogen-bond acceptors (Lipinski definition) is 6. The van der Waals surface area contributed by atoms with Gasteiger partial charge in [0.05, 0.1) is 12.8 Å². The Morgan fingerprint density at radius 1 is 1.19 bits per heavy atom. The Morgan fingerprint density at radius 2 is 1.94 bits per heavy atom. The molecule has 0 radical (unpaired) electrons. The summed E-state index contributed by atoms with van der Waals surface area (Å²) in [4.78, 5) is 16.0. The minimum Gasteiger partial charge on any atom is -0.496 e. The molecule has 0 spiro atoms. The van der Waals surface area contributed by atoms with Crippen LogP contribution in [0.15, 0.2) is 48.5 Å². The summed E-state index contributed by atoms with van der Waals surface area (Å²) >= 11 is 0. The predicted molar refractivity (Wildman–Crippen MR) is 126 cm³/mol. The molecule has 12 heteroatoms. The van der Waals surface area contributed by atoms with E-state index in [-0.39, 0.29) is 23.7 Å². The van der Waals surface area contributed by atoms with Crippen molar-refractivity contribution < 1.29 is 22.7 Å². The van der Waals surface area contributed by atoms with Crippen LogP contribution in [0.3, 0.4) is 0 Å². The van der Waals surface area contributed by atoms with Crippen molar-refractivity contribution in [2.45, 2.75) is 31.1 Å². The number of alkyl halides is 3. The zero-order chi connectivity index (χ0) is 25.9. The van der Waals surface area contributed by atoms with Crippen molar-refractivity contribution in [1.29, 1.82) is 0 Å². The number of carbonyl (C=O) groups excluding carboxylic acids is 1. The van der Waals surface area contributed by atoms with Gasteiger partial charge in [0, 0.05) is 51.3 Å². The van der Waals surface area contributed by atoms with Gasteiger partial charge in [-0.2, -0.15) is 17.9 Å². The third kappa shape index (κ3) is 5.43. The zero-order valence-electron chi connectivity index (χ0n) is 20.2. The Bertz CT molecular complexity index is 1180. The van der Waals surface area contributed by atoms with Gasteiger partial charge < -0.3 is 19.9 Å². The number of amides is 2. The monoisotopic (exact) mass is 503 g/mol. The number of ether oxygens (including phenoxy) is 1. The number of benzene rings is 2. The average Bonchev–Trinajstić information content (AvgIpc) is 3.38. The number of halogens is 3. The van der Waals surface area contributed by atoms with Gasteiger partial charge in [-0.25, -0.2) is 4.79 Å². The first-order valence-corrected chi connectivity index (χ1v) is 11.5. The van der Waals surface area contributed by atoms with Crippen LogP contribution in [0.5, 0.6) is 5.75 Å². The normalized spacial score (nSPS) is 18.2. The lowest BCUT2D eigenvalue weighted by Gasteiger charge is -2.40. The summed E-state index contributed by atoms with van der Waals surface area (Å²) in [5.41, 5.74) is 1.95. The minimum absolute atomic E-state index is 0.0331. The molecule has 2 amide bonds. The van der Waals surface area contributed by atoms with E-state index in [0.29, 0.717) is 42.0 Å². The van der Waals surface area contributed by atoms with E-state index in [0.717, 1.165) is 5.56 Å². The van der Waals surface area contributed by atoms with E-state index in [9.17, 15) is 18.0 Å². The number of nitrogens with one attached hydrogen (secondary N) is 1. The molecule has 1 aliphatic rings. The number of hydrogen-bond donors (Lipinski definition) is 1. The molecule has 0 bridgehead atoms.